The molecule has 22 heavy (non-hydrogen) atoms. The topological polar surface area (TPSA) is 49.7 Å². The molecule has 0 aliphatic heterocycles. The number of para-hydroxylation sites is 1. The summed E-state index contributed by atoms with van der Waals surface area (Å²) in [7, 11) is 6.55. The van der Waals surface area contributed by atoms with Gasteiger partial charge in [-0.2, -0.15) is 0 Å². The van der Waals surface area contributed by atoms with E-state index in [-0.39, 0.29) is 5.43 Å². The number of hydrogen-bond acceptors (Lipinski definition) is 4. The third-order valence-corrected chi connectivity index (χ3v) is 3.90. The van der Waals surface area contributed by atoms with Gasteiger partial charge >= 0.3 is 0 Å². The fourth-order valence-corrected chi connectivity index (χ4v) is 2.87. The van der Waals surface area contributed by atoms with Crippen molar-refractivity contribution in [1.82, 2.24) is 4.57 Å². The van der Waals surface area contributed by atoms with E-state index in [9.17, 15) is 4.79 Å². The standard InChI is InChI=1S/C17H17NO4/c1-18-11-8-6-5-7-10(11)16(19)14-12(20-2)9-13(21-3)17(22-4)15(14)18/h5-9H,1-4H3. The largest absolute Gasteiger partial charge is 0.496 e. The molecule has 0 aliphatic carbocycles. The number of benzene rings is 2. The van der Waals surface area contributed by atoms with Gasteiger partial charge in [-0.3, -0.25) is 4.79 Å². The van der Waals surface area contributed by atoms with Crippen molar-refractivity contribution in [2.24, 2.45) is 7.05 Å². The molecule has 0 unspecified atom stereocenters. The van der Waals surface area contributed by atoms with Gasteiger partial charge in [-0.15, -0.1) is 0 Å². The highest BCUT2D eigenvalue weighted by molar-refractivity contribution is 6.00. The summed E-state index contributed by atoms with van der Waals surface area (Å²) >= 11 is 0. The molecule has 1 heterocycles. The fraction of sp³-hybridized carbons (Fsp3) is 0.235. The lowest BCUT2D eigenvalue weighted by Gasteiger charge is -2.18. The van der Waals surface area contributed by atoms with Crippen LogP contribution in [0.4, 0.5) is 0 Å². The van der Waals surface area contributed by atoms with Gasteiger partial charge in [0.25, 0.3) is 0 Å². The fourth-order valence-electron chi connectivity index (χ4n) is 2.87. The summed E-state index contributed by atoms with van der Waals surface area (Å²) in [6.45, 7) is 0. The molecular weight excluding hydrogens is 282 g/mol. The van der Waals surface area contributed by atoms with Crippen molar-refractivity contribution in [2.75, 3.05) is 21.3 Å². The summed E-state index contributed by atoms with van der Waals surface area (Å²) in [6, 6.07) is 9.15. The Kier molecular flexibility index (Phi) is 3.41. The van der Waals surface area contributed by atoms with E-state index >= 15 is 0 Å². The molecule has 0 atom stereocenters. The van der Waals surface area contributed by atoms with Gasteiger partial charge in [0.1, 0.15) is 11.3 Å². The molecule has 0 saturated heterocycles. The molecule has 0 spiro atoms. The van der Waals surface area contributed by atoms with Gasteiger partial charge in [0.15, 0.2) is 11.5 Å². The Morgan fingerprint density at radius 2 is 1.64 bits per heavy atom. The number of pyridine rings is 1. The molecule has 1 aromatic heterocycles. The zero-order valence-electron chi connectivity index (χ0n) is 13.0. The molecule has 0 aliphatic rings. The number of methoxy groups -OCH3 is 3. The van der Waals surface area contributed by atoms with Crippen LogP contribution in [-0.2, 0) is 7.05 Å². The maximum Gasteiger partial charge on any atom is 0.201 e. The van der Waals surface area contributed by atoms with E-state index in [1.54, 1.807) is 20.3 Å². The van der Waals surface area contributed by atoms with Crippen LogP contribution in [0.3, 0.4) is 0 Å². The number of nitrogens with zero attached hydrogens (tertiary/aromatic N) is 1. The van der Waals surface area contributed by atoms with Crippen molar-refractivity contribution in [3.05, 3.63) is 40.6 Å². The summed E-state index contributed by atoms with van der Waals surface area (Å²) in [5.74, 6) is 1.51. The molecular formula is C17H17NO4. The zero-order valence-corrected chi connectivity index (χ0v) is 13.0. The average Bonchev–Trinajstić information content (AvgIpc) is 2.57. The van der Waals surface area contributed by atoms with E-state index in [1.165, 1.54) is 7.11 Å². The van der Waals surface area contributed by atoms with E-state index in [0.717, 1.165) is 5.52 Å². The van der Waals surface area contributed by atoms with Crippen molar-refractivity contribution in [3.8, 4) is 17.2 Å². The normalized spacial score (nSPS) is 10.9. The van der Waals surface area contributed by atoms with Crippen molar-refractivity contribution in [3.63, 3.8) is 0 Å². The van der Waals surface area contributed by atoms with Gasteiger partial charge in [0.2, 0.25) is 5.43 Å². The molecule has 0 radical (unpaired) electrons. The maximum absolute atomic E-state index is 12.9. The first-order valence-corrected chi connectivity index (χ1v) is 6.84. The first-order chi connectivity index (χ1) is 10.6. The molecule has 0 amide bonds. The van der Waals surface area contributed by atoms with Crippen LogP contribution in [-0.4, -0.2) is 25.9 Å². The van der Waals surface area contributed by atoms with Gasteiger partial charge < -0.3 is 18.8 Å². The number of fused-ring (bicyclic) bond motifs is 2. The molecule has 2 aromatic carbocycles. The molecule has 0 N–H and O–H groups in total. The van der Waals surface area contributed by atoms with Gasteiger partial charge in [-0.1, -0.05) is 12.1 Å². The number of ether oxygens (including phenoxy) is 3. The number of aromatic nitrogens is 1. The molecule has 3 rings (SSSR count). The van der Waals surface area contributed by atoms with Gasteiger partial charge in [-0.05, 0) is 12.1 Å². The molecule has 0 saturated carbocycles. The van der Waals surface area contributed by atoms with E-state index in [1.807, 2.05) is 35.9 Å². The van der Waals surface area contributed by atoms with Crippen LogP contribution in [0.25, 0.3) is 21.8 Å². The molecule has 0 bridgehead atoms. The van der Waals surface area contributed by atoms with Crippen molar-refractivity contribution in [2.45, 2.75) is 0 Å². The van der Waals surface area contributed by atoms with Crippen LogP contribution in [0.1, 0.15) is 0 Å². The first-order valence-electron chi connectivity index (χ1n) is 6.84. The molecule has 5 heteroatoms. The van der Waals surface area contributed by atoms with Crippen molar-refractivity contribution in [1.29, 1.82) is 0 Å². The minimum atomic E-state index is -0.0819. The summed E-state index contributed by atoms with van der Waals surface area (Å²) in [6.07, 6.45) is 0. The van der Waals surface area contributed by atoms with Gasteiger partial charge in [-0.25, -0.2) is 0 Å². The van der Waals surface area contributed by atoms with E-state index in [4.69, 9.17) is 14.2 Å². The number of rotatable bonds is 3. The Morgan fingerprint density at radius 3 is 2.27 bits per heavy atom. The van der Waals surface area contributed by atoms with Crippen LogP contribution in [0, 0.1) is 0 Å². The highest BCUT2D eigenvalue weighted by atomic mass is 16.5. The molecule has 114 valence electrons. The van der Waals surface area contributed by atoms with Crippen LogP contribution in [0.2, 0.25) is 0 Å². The Bertz CT molecular complexity index is 927. The molecule has 5 nitrogen and oxygen atoms in total. The first kappa shape index (κ1) is 14.3. The molecule has 0 fully saturated rings. The minimum absolute atomic E-state index is 0.0819. The maximum atomic E-state index is 12.9. The summed E-state index contributed by atoms with van der Waals surface area (Å²) in [5.41, 5.74) is 1.40. The van der Waals surface area contributed by atoms with Crippen molar-refractivity contribution >= 4 is 21.8 Å². The average molecular weight is 299 g/mol. The quantitative estimate of drug-likeness (QED) is 0.698. The summed E-state index contributed by atoms with van der Waals surface area (Å²) < 4.78 is 18.2. The third-order valence-electron chi connectivity index (χ3n) is 3.90. The third kappa shape index (κ3) is 1.82. The Hall–Kier alpha value is -2.69. The number of hydrogen-bond donors (Lipinski definition) is 0. The van der Waals surface area contributed by atoms with Crippen LogP contribution in [0.15, 0.2) is 35.1 Å². The van der Waals surface area contributed by atoms with Crippen LogP contribution >= 0.6 is 0 Å². The van der Waals surface area contributed by atoms with Gasteiger partial charge in [0.05, 0.1) is 32.2 Å². The minimum Gasteiger partial charge on any atom is -0.496 e. The smallest absolute Gasteiger partial charge is 0.201 e. The Morgan fingerprint density at radius 1 is 0.955 bits per heavy atom. The lowest BCUT2D eigenvalue weighted by Crippen LogP contribution is -2.12. The van der Waals surface area contributed by atoms with E-state index < -0.39 is 0 Å². The predicted molar refractivity (Wildman–Crippen MR) is 86.4 cm³/mol. The summed E-state index contributed by atoms with van der Waals surface area (Å²) in [5, 5.41) is 1.13. The highest BCUT2D eigenvalue weighted by Gasteiger charge is 2.20. The molecule has 3 aromatic rings. The monoisotopic (exact) mass is 299 g/mol. The lowest BCUT2D eigenvalue weighted by molar-refractivity contribution is 0.352. The van der Waals surface area contributed by atoms with Gasteiger partial charge in [0, 0.05) is 18.5 Å². The van der Waals surface area contributed by atoms with Crippen LogP contribution < -0.4 is 19.6 Å². The van der Waals surface area contributed by atoms with E-state index in [0.29, 0.717) is 33.5 Å². The predicted octanol–water partition coefficient (Wildman–Crippen LogP) is 2.72. The van der Waals surface area contributed by atoms with Crippen molar-refractivity contribution < 1.29 is 14.2 Å². The second-order valence-corrected chi connectivity index (χ2v) is 4.94. The second-order valence-electron chi connectivity index (χ2n) is 4.94. The SMILES string of the molecule is COc1cc(OC)c2c(=O)c3ccccc3n(C)c2c1OC. The zero-order chi connectivity index (χ0) is 15.9. The lowest BCUT2D eigenvalue weighted by atomic mass is 10.1. The Balaban J connectivity index is 2.68. The summed E-state index contributed by atoms with van der Waals surface area (Å²) in [4.78, 5) is 12.9. The second kappa shape index (κ2) is 5.26. The van der Waals surface area contributed by atoms with E-state index in [2.05, 4.69) is 0 Å². The number of aryl methyl sites for hydroxylation is 1. The Labute approximate surface area is 127 Å². The van der Waals surface area contributed by atoms with Crippen LogP contribution in [0.5, 0.6) is 17.2 Å². The highest BCUT2D eigenvalue weighted by Crippen LogP contribution is 2.40.